The third kappa shape index (κ3) is 4.00. The summed E-state index contributed by atoms with van der Waals surface area (Å²) in [5.41, 5.74) is 1.85. The summed E-state index contributed by atoms with van der Waals surface area (Å²) in [6.45, 7) is 0. The highest BCUT2D eigenvalue weighted by molar-refractivity contribution is 6.13. The van der Waals surface area contributed by atoms with Crippen molar-refractivity contribution in [2.45, 2.75) is 18.4 Å². The van der Waals surface area contributed by atoms with Gasteiger partial charge in [0.2, 0.25) is 0 Å². The molecule has 0 atom stereocenters. The number of rotatable bonds is 7. The van der Waals surface area contributed by atoms with Crippen LogP contribution in [-0.4, -0.2) is 49.2 Å². The van der Waals surface area contributed by atoms with Gasteiger partial charge < -0.3 is 14.4 Å². The van der Waals surface area contributed by atoms with Gasteiger partial charge in [-0.2, -0.15) is 0 Å². The molecule has 2 aromatic rings. The van der Waals surface area contributed by atoms with E-state index in [2.05, 4.69) is 0 Å². The fourth-order valence-corrected chi connectivity index (χ4v) is 4.40. The smallest absolute Gasteiger partial charge is 0.251 e. The van der Waals surface area contributed by atoms with Crippen LogP contribution in [0.15, 0.2) is 78.4 Å². The van der Waals surface area contributed by atoms with E-state index in [1.165, 1.54) is 26.4 Å². The Bertz CT molecular complexity index is 1170. The molecule has 4 rings (SSSR count). The van der Waals surface area contributed by atoms with E-state index in [9.17, 15) is 14.4 Å². The molecule has 0 bridgehead atoms. The summed E-state index contributed by atoms with van der Waals surface area (Å²) in [4.78, 5) is 39.9. The van der Waals surface area contributed by atoms with Gasteiger partial charge in [-0.25, -0.2) is 0 Å². The van der Waals surface area contributed by atoms with Crippen molar-refractivity contribution in [3.63, 3.8) is 0 Å². The molecule has 0 unspecified atom stereocenters. The lowest BCUT2D eigenvalue weighted by Gasteiger charge is -2.35. The van der Waals surface area contributed by atoms with Crippen LogP contribution in [0.2, 0.25) is 0 Å². The first-order chi connectivity index (χ1) is 15.9. The molecule has 1 aliphatic carbocycles. The van der Waals surface area contributed by atoms with Crippen molar-refractivity contribution >= 4 is 23.0 Å². The maximum Gasteiger partial charge on any atom is 0.251 e. The number of likely N-dealkylation sites (N-methyl/N-ethyl adjacent to an activating group) is 1. The molecule has 0 saturated heterocycles. The highest BCUT2D eigenvalue weighted by Crippen LogP contribution is 2.45. The summed E-state index contributed by atoms with van der Waals surface area (Å²) < 4.78 is 10.5. The summed E-state index contributed by atoms with van der Waals surface area (Å²) in [7, 11) is 4.78. The molecule has 6 nitrogen and oxygen atoms in total. The first kappa shape index (κ1) is 22.3. The Kier molecular flexibility index (Phi) is 6.01. The average molecular weight is 443 g/mol. The van der Waals surface area contributed by atoms with Crippen LogP contribution in [-0.2, 0) is 9.59 Å². The fraction of sp³-hybridized carbons (Fsp3) is 0.222. The maximum absolute atomic E-state index is 13.4. The number of nitrogens with zero attached hydrogens (tertiary/aromatic N) is 1. The van der Waals surface area contributed by atoms with E-state index in [-0.39, 0.29) is 30.3 Å². The van der Waals surface area contributed by atoms with Crippen molar-refractivity contribution in [1.29, 1.82) is 0 Å². The second-order valence-electron chi connectivity index (χ2n) is 8.00. The minimum Gasteiger partial charge on any atom is -0.497 e. The minimum atomic E-state index is -0.857. The number of ether oxygens (including phenoxy) is 2. The van der Waals surface area contributed by atoms with Gasteiger partial charge in [-0.15, -0.1) is 0 Å². The number of methoxy groups -OCH3 is 2. The van der Waals surface area contributed by atoms with Gasteiger partial charge in [0.05, 0.1) is 14.2 Å². The highest BCUT2D eigenvalue weighted by atomic mass is 16.5. The van der Waals surface area contributed by atoms with Crippen molar-refractivity contribution in [2.24, 2.45) is 0 Å². The van der Waals surface area contributed by atoms with Crippen LogP contribution in [0.3, 0.4) is 0 Å². The van der Waals surface area contributed by atoms with Gasteiger partial charge in [-0.3, -0.25) is 14.4 Å². The van der Waals surface area contributed by atoms with E-state index in [4.69, 9.17) is 9.47 Å². The van der Waals surface area contributed by atoms with Crippen LogP contribution >= 0.6 is 0 Å². The SMILES string of the molecule is COc1cc(OC)cc(C(=O)CCC2=C(c3ccccc3)C3(C=CC(=O)C=C3)N(C)C2=O)c1. The van der Waals surface area contributed by atoms with Gasteiger partial charge in [-0.1, -0.05) is 30.3 Å². The van der Waals surface area contributed by atoms with Crippen molar-refractivity contribution in [1.82, 2.24) is 4.90 Å². The second-order valence-corrected chi connectivity index (χ2v) is 8.00. The normalized spacial score (nSPS) is 16.6. The summed E-state index contributed by atoms with van der Waals surface area (Å²) in [6.07, 6.45) is 6.91. The summed E-state index contributed by atoms with van der Waals surface area (Å²) in [5, 5.41) is 0. The van der Waals surface area contributed by atoms with E-state index in [0.717, 1.165) is 11.1 Å². The molecule has 1 aliphatic heterocycles. The van der Waals surface area contributed by atoms with Gasteiger partial charge in [0.1, 0.15) is 17.0 Å². The molecule has 0 N–H and O–H groups in total. The number of hydrogen-bond donors (Lipinski definition) is 0. The largest absolute Gasteiger partial charge is 0.497 e. The number of carbonyl (C=O) groups is 3. The third-order valence-corrected chi connectivity index (χ3v) is 6.16. The van der Waals surface area contributed by atoms with Gasteiger partial charge in [-0.05, 0) is 48.4 Å². The fourth-order valence-electron chi connectivity index (χ4n) is 4.40. The van der Waals surface area contributed by atoms with Crippen LogP contribution in [0.1, 0.15) is 28.8 Å². The second kappa shape index (κ2) is 8.90. The summed E-state index contributed by atoms with van der Waals surface area (Å²) >= 11 is 0. The topological polar surface area (TPSA) is 72.9 Å². The number of Topliss-reactive ketones (excluding diaryl/α,β-unsaturated/α-hetero) is 1. The van der Waals surface area contributed by atoms with Crippen LogP contribution in [0.5, 0.6) is 11.5 Å². The molecule has 33 heavy (non-hydrogen) atoms. The molecule has 1 amide bonds. The lowest BCUT2D eigenvalue weighted by molar-refractivity contribution is -0.126. The van der Waals surface area contributed by atoms with Crippen LogP contribution in [0.4, 0.5) is 0 Å². The van der Waals surface area contributed by atoms with Crippen molar-refractivity contribution < 1.29 is 23.9 Å². The number of benzene rings is 2. The zero-order valence-electron chi connectivity index (χ0n) is 18.8. The first-order valence-electron chi connectivity index (χ1n) is 10.7. The molecular formula is C27H25NO5. The van der Waals surface area contributed by atoms with E-state index in [0.29, 0.717) is 22.6 Å². The number of ketones is 2. The molecule has 1 spiro atoms. The Morgan fingerprint density at radius 3 is 2.12 bits per heavy atom. The number of carbonyl (C=O) groups excluding carboxylic acids is 3. The zero-order valence-corrected chi connectivity index (χ0v) is 18.8. The Labute approximate surface area is 192 Å². The third-order valence-electron chi connectivity index (χ3n) is 6.16. The summed E-state index contributed by atoms with van der Waals surface area (Å²) in [6, 6.07) is 14.6. The van der Waals surface area contributed by atoms with Gasteiger partial charge in [0.25, 0.3) is 5.91 Å². The monoisotopic (exact) mass is 443 g/mol. The standard InChI is InChI=1S/C27H25NO5/c1-28-26(31)23(9-10-24(30)19-15-21(32-2)17-22(16-19)33-3)25(18-7-5-4-6-8-18)27(28)13-11-20(29)12-14-27/h4-8,11-17H,9-10H2,1-3H3. The van der Waals surface area contributed by atoms with Crippen LogP contribution < -0.4 is 9.47 Å². The number of hydrogen-bond acceptors (Lipinski definition) is 5. The Morgan fingerprint density at radius 2 is 1.55 bits per heavy atom. The number of amides is 1. The Hall–Kier alpha value is -3.93. The quantitative estimate of drug-likeness (QED) is 0.605. The summed E-state index contributed by atoms with van der Waals surface area (Å²) in [5.74, 6) is 0.658. The first-order valence-corrected chi connectivity index (χ1v) is 10.7. The Balaban J connectivity index is 1.72. The van der Waals surface area contributed by atoms with Crippen molar-refractivity contribution in [3.05, 3.63) is 89.5 Å². The van der Waals surface area contributed by atoms with Crippen LogP contribution in [0.25, 0.3) is 5.57 Å². The lowest BCUT2D eigenvalue weighted by Crippen LogP contribution is -2.43. The predicted molar refractivity (Wildman–Crippen MR) is 125 cm³/mol. The molecule has 0 fully saturated rings. The van der Waals surface area contributed by atoms with Gasteiger partial charge in [0.15, 0.2) is 11.6 Å². The molecule has 2 aliphatic rings. The van der Waals surface area contributed by atoms with Gasteiger partial charge >= 0.3 is 0 Å². The molecule has 0 radical (unpaired) electrons. The molecule has 2 aromatic carbocycles. The minimum absolute atomic E-state index is 0.117. The molecule has 0 aromatic heterocycles. The zero-order chi connectivity index (χ0) is 23.6. The molecular weight excluding hydrogens is 418 g/mol. The van der Waals surface area contributed by atoms with Crippen molar-refractivity contribution in [3.8, 4) is 11.5 Å². The molecule has 1 heterocycles. The molecule has 168 valence electrons. The lowest BCUT2D eigenvalue weighted by atomic mass is 9.80. The molecule has 0 saturated carbocycles. The van der Waals surface area contributed by atoms with Gasteiger partial charge in [0, 0.05) is 36.2 Å². The highest BCUT2D eigenvalue weighted by Gasteiger charge is 2.47. The van der Waals surface area contributed by atoms with E-state index in [1.807, 2.05) is 30.3 Å². The van der Waals surface area contributed by atoms with E-state index in [1.54, 1.807) is 42.3 Å². The van der Waals surface area contributed by atoms with Crippen LogP contribution in [0, 0.1) is 0 Å². The average Bonchev–Trinajstić information content (AvgIpc) is 3.05. The molecule has 6 heteroatoms. The maximum atomic E-state index is 13.4. The Morgan fingerprint density at radius 1 is 0.939 bits per heavy atom. The predicted octanol–water partition coefficient (Wildman–Crippen LogP) is 4.03. The van der Waals surface area contributed by atoms with Crippen molar-refractivity contribution in [2.75, 3.05) is 21.3 Å². The van der Waals surface area contributed by atoms with E-state index >= 15 is 0 Å². The number of allylic oxidation sites excluding steroid dienone is 2. The van der Waals surface area contributed by atoms with E-state index < -0.39 is 5.54 Å².